The highest BCUT2D eigenvalue weighted by Crippen LogP contribution is 2.31. The molecule has 0 aliphatic carbocycles. The van der Waals surface area contributed by atoms with Crippen molar-refractivity contribution in [1.29, 1.82) is 0 Å². The first-order chi connectivity index (χ1) is 8.35. The van der Waals surface area contributed by atoms with E-state index in [0.29, 0.717) is 6.04 Å². The molecule has 1 aliphatic heterocycles. The van der Waals surface area contributed by atoms with E-state index in [9.17, 15) is 0 Å². The average molecular weight is 251 g/mol. The Morgan fingerprint density at radius 1 is 1.47 bits per heavy atom. The van der Waals surface area contributed by atoms with Crippen molar-refractivity contribution < 1.29 is 4.74 Å². The minimum atomic E-state index is 0.554. The second-order valence-electron chi connectivity index (χ2n) is 4.46. The number of nitrogens with one attached hydrogen (secondary N) is 1. The fraction of sp³-hybridized carbons (Fsp3) is 0.571. The summed E-state index contributed by atoms with van der Waals surface area (Å²) in [6.07, 6.45) is 3.75. The first-order valence-corrected chi connectivity index (χ1v) is 7.30. The average Bonchev–Trinajstić information content (AvgIpc) is 2.90. The van der Waals surface area contributed by atoms with E-state index in [1.165, 1.54) is 24.2 Å². The molecule has 3 heteroatoms. The van der Waals surface area contributed by atoms with Crippen LogP contribution in [0.25, 0.3) is 0 Å². The normalized spacial score (nSPS) is 21.4. The van der Waals surface area contributed by atoms with Gasteiger partial charge >= 0.3 is 0 Å². The zero-order valence-corrected chi connectivity index (χ0v) is 11.4. The number of benzene rings is 1. The predicted octanol–water partition coefficient (Wildman–Crippen LogP) is 2.72. The van der Waals surface area contributed by atoms with Crippen LogP contribution in [0.4, 0.5) is 0 Å². The van der Waals surface area contributed by atoms with Gasteiger partial charge in [0.2, 0.25) is 0 Å². The highest BCUT2D eigenvalue weighted by molar-refractivity contribution is 8.00. The summed E-state index contributed by atoms with van der Waals surface area (Å²) in [5.74, 6) is 2.32. The molecule has 0 spiro atoms. The SMILES string of the molecule is CNC(Cc1ccccc1OC)C1CCCS1. The van der Waals surface area contributed by atoms with E-state index in [4.69, 9.17) is 4.74 Å². The van der Waals surface area contributed by atoms with Gasteiger partial charge in [0.15, 0.2) is 0 Å². The molecule has 2 unspecified atom stereocenters. The summed E-state index contributed by atoms with van der Waals surface area (Å²) in [6.45, 7) is 0. The van der Waals surface area contributed by atoms with Crippen molar-refractivity contribution in [3.63, 3.8) is 0 Å². The first kappa shape index (κ1) is 12.8. The van der Waals surface area contributed by atoms with Crippen LogP contribution in [0, 0.1) is 0 Å². The molecule has 1 N–H and O–H groups in total. The molecule has 2 rings (SSSR count). The lowest BCUT2D eigenvalue weighted by Gasteiger charge is -2.23. The lowest BCUT2D eigenvalue weighted by Crippen LogP contribution is -2.36. The van der Waals surface area contributed by atoms with Gasteiger partial charge in [-0.05, 0) is 43.7 Å². The van der Waals surface area contributed by atoms with Gasteiger partial charge in [-0.3, -0.25) is 0 Å². The standard InChI is InChI=1S/C14H21NOS/c1-15-12(14-8-5-9-17-14)10-11-6-3-4-7-13(11)16-2/h3-4,6-7,12,14-15H,5,8-10H2,1-2H3. The third kappa shape index (κ3) is 3.17. The molecule has 1 fully saturated rings. The molecule has 1 heterocycles. The van der Waals surface area contributed by atoms with Crippen LogP contribution in [-0.2, 0) is 6.42 Å². The van der Waals surface area contributed by atoms with E-state index < -0.39 is 0 Å². The Kier molecular flexibility index (Phi) is 4.75. The second kappa shape index (κ2) is 6.31. The summed E-state index contributed by atoms with van der Waals surface area (Å²) in [5.41, 5.74) is 1.31. The van der Waals surface area contributed by atoms with E-state index in [1.54, 1.807) is 7.11 Å². The maximum absolute atomic E-state index is 5.42. The van der Waals surface area contributed by atoms with Crippen molar-refractivity contribution in [2.75, 3.05) is 19.9 Å². The van der Waals surface area contributed by atoms with E-state index in [0.717, 1.165) is 17.4 Å². The molecule has 1 aromatic carbocycles. The number of thioether (sulfide) groups is 1. The van der Waals surface area contributed by atoms with Crippen LogP contribution in [0.1, 0.15) is 18.4 Å². The van der Waals surface area contributed by atoms with Crippen LogP contribution in [0.15, 0.2) is 24.3 Å². The number of hydrogen-bond acceptors (Lipinski definition) is 3. The molecule has 0 bridgehead atoms. The molecule has 1 aromatic rings. The van der Waals surface area contributed by atoms with Crippen molar-refractivity contribution in [2.24, 2.45) is 0 Å². The molecule has 0 amide bonds. The van der Waals surface area contributed by atoms with Gasteiger partial charge in [0.05, 0.1) is 7.11 Å². The minimum Gasteiger partial charge on any atom is -0.496 e. The Morgan fingerprint density at radius 2 is 2.29 bits per heavy atom. The number of para-hydroxylation sites is 1. The topological polar surface area (TPSA) is 21.3 Å². The molecule has 1 saturated heterocycles. The number of rotatable bonds is 5. The van der Waals surface area contributed by atoms with Crippen LogP contribution < -0.4 is 10.1 Å². The summed E-state index contributed by atoms with van der Waals surface area (Å²) in [4.78, 5) is 0. The molecule has 0 radical (unpaired) electrons. The Bertz CT molecular complexity index is 350. The summed E-state index contributed by atoms with van der Waals surface area (Å²) < 4.78 is 5.42. The molecule has 1 aliphatic rings. The maximum atomic E-state index is 5.42. The molecule has 2 atom stereocenters. The fourth-order valence-corrected chi connectivity index (χ4v) is 3.88. The number of ether oxygens (including phenoxy) is 1. The summed E-state index contributed by atoms with van der Waals surface area (Å²) in [7, 11) is 3.82. The third-order valence-corrected chi connectivity index (χ3v) is 4.93. The van der Waals surface area contributed by atoms with Crippen LogP contribution in [-0.4, -0.2) is 31.2 Å². The van der Waals surface area contributed by atoms with Gasteiger partial charge < -0.3 is 10.1 Å². The van der Waals surface area contributed by atoms with Crippen molar-refractivity contribution in [3.05, 3.63) is 29.8 Å². The van der Waals surface area contributed by atoms with Gasteiger partial charge in [0, 0.05) is 11.3 Å². The van der Waals surface area contributed by atoms with Gasteiger partial charge in [-0.1, -0.05) is 18.2 Å². The second-order valence-corrected chi connectivity index (χ2v) is 5.81. The van der Waals surface area contributed by atoms with Crippen molar-refractivity contribution in [2.45, 2.75) is 30.6 Å². The smallest absolute Gasteiger partial charge is 0.122 e. The largest absolute Gasteiger partial charge is 0.496 e. The van der Waals surface area contributed by atoms with Gasteiger partial charge in [0.1, 0.15) is 5.75 Å². The van der Waals surface area contributed by atoms with E-state index in [2.05, 4.69) is 36.3 Å². The van der Waals surface area contributed by atoms with Crippen LogP contribution in [0.3, 0.4) is 0 Å². The number of methoxy groups -OCH3 is 1. The Labute approximate surface area is 108 Å². The Balaban J connectivity index is 2.06. The summed E-state index contributed by atoms with van der Waals surface area (Å²) in [5, 5.41) is 4.22. The molecular weight excluding hydrogens is 230 g/mol. The molecule has 94 valence electrons. The molecular formula is C14H21NOS. The van der Waals surface area contributed by atoms with E-state index >= 15 is 0 Å². The molecule has 0 saturated carbocycles. The quantitative estimate of drug-likeness (QED) is 0.869. The monoisotopic (exact) mass is 251 g/mol. The predicted molar refractivity (Wildman–Crippen MR) is 75.0 cm³/mol. The van der Waals surface area contributed by atoms with Gasteiger partial charge in [-0.2, -0.15) is 11.8 Å². The fourth-order valence-electron chi connectivity index (χ4n) is 2.45. The van der Waals surface area contributed by atoms with Gasteiger partial charge in [-0.15, -0.1) is 0 Å². The zero-order chi connectivity index (χ0) is 12.1. The van der Waals surface area contributed by atoms with Gasteiger partial charge in [0.25, 0.3) is 0 Å². The van der Waals surface area contributed by atoms with Crippen molar-refractivity contribution >= 4 is 11.8 Å². The Hall–Kier alpha value is -0.670. The molecule has 17 heavy (non-hydrogen) atoms. The zero-order valence-electron chi connectivity index (χ0n) is 10.6. The van der Waals surface area contributed by atoms with Crippen molar-refractivity contribution in [1.82, 2.24) is 5.32 Å². The summed E-state index contributed by atoms with van der Waals surface area (Å²) in [6, 6.07) is 8.89. The van der Waals surface area contributed by atoms with E-state index in [-0.39, 0.29) is 0 Å². The highest BCUT2D eigenvalue weighted by atomic mass is 32.2. The number of likely N-dealkylation sites (N-methyl/N-ethyl adjacent to an activating group) is 1. The third-order valence-electron chi connectivity index (χ3n) is 3.42. The lowest BCUT2D eigenvalue weighted by atomic mass is 10.0. The summed E-state index contributed by atoms with van der Waals surface area (Å²) >= 11 is 2.10. The molecule has 2 nitrogen and oxygen atoms in total. The molecule has 0 aromatic heterocycles. The van der Waals surface area contributed by atoms with Crippen molar-refractivity contribution in [3.8, 4) is 5.75 Å². The Morgan fingerprint density at radius 3 is 2.94 bits per heavy atom. The lowest BCUT2D eigenvalue weighted by molar-refractivity contribution is 0.405. The van der Waals surface area contributed by atoms with Gasteiger partial charge in [-0.25, -0.2) is 0 Å². The maximum Gasteiger partial charge on any atom is 0.122 e. The highest BCUT2D eigenvalue weighted by Gasteiger charge is 2.25. The number of hydrogen-bond donors (Lipinski definition) is 1. The van der Waals surface area contributed by atoms with Crippen LogP contribution >= 0.6 is 11.8 Å². The van der Waals surface area contributed by atoms with Crippen LogP contribution in [0.5, 0.6) is 5.75 Å². The first-order valence-electron chi connectivity index (χ1n) is 6.26. The minimum absolute atomic E-state index is 0.554. The van der Waals surface area contributed by atoms with E-state index in [1.807, 2.05) is 12.1 Å². The van der Waals surface area contributed by atoms with Crippen LogP contribution in [0.2, 0.25) is 0 Å².